The van der Waals surface area contributed by atoms with Gasteiger partial charge >= 0.3 is 0 Å². The standard InChI is InChI=1S/C20H29ClN6/c1-22-20(26(3)15-18-12-17(21)14-25(18)2)24-13-16-7-8-23-19(11-16)27-9-5-4-6-10-27/h7-8,11-12,14H,4-6,9-10,13,15H2,1-3H3,(H,22,24). The molecule has 3 heterocycles. The third-order valence-corrected chi connectivity index (χ3v) is 5.19. The molecular formula is C20H29ClN6. The second-order valence-electron chi connectivity index (χ2n) is 7.09. The van der Waals surface area contributed by atoms with Gasteiger partial charge in [0.15, 0.2) is 5.96 Å². The highest BCUT2D eigenvalue weighted by atomic mass is 35.5. The Morgan fingerprint density at radius 3 is 2.74 bits per heavy atom. The lowest BCUT2D eigenvalue weighted by molar-refractivity contribution is 0.461. The highest BCUT2D eigenvalue weighted by molar-refractivity contribution is 6.30. The van der Waals surface area contributed by atoms with Crippen LogP contribution in [0.15, 0.2) is 35.6 Å². The van der Waals surface area contributed by atoms with Gasteiger partial charge in [0.25, 0.3) is 0 Å². The summed E-state index contributed by atoms with van der Waals surface area (Å²) < 4.78 is 2.04. The Kier molecular flexibility index (Phi) is 6.61. The molecule has 0 unspecified atom stereocenters. The van der Waals surface area contributed by atoms with Crippen LogP contribution in [0.4, 0.5) is 5.82 Å². The number of piperidine rings is 1. The normalized spacial score (nSPS) is 15.1. The molecule has 2 aromatic heterocycles. The van der Waals surface area contributed by atoms with Gasteiger partial charge in [-0.1, -0.05) is 11.6 Å². The maximum atomic E-state index is 6.09. The first-order valence-corrected chi connectivity index (χ1v) is 9.87. The van der Waals surface area contributed by atoms with Gasteiger partial charge in [0.05, 0.1) is 11.6 Å². The molecule has 146 valence electrons. The molecule has 0 saturated carbocycles. The van der Waals surface area contributed by atoms with Gasteiger partial charge in [-0.05, 0) is 43.0 Å². The van der Waals surface area contributed by atoms with Gasteiger partial charge in [-0.2, -0.15) is 0 Å². The molecule has 6 nitrogen and oxygen atoms in total. The second kappa shape index (κ2) is 9.13. The summed E-state index contributed by atoms with van der Waals surface area (Å²) in [6.07, 6.45) is 7.65. The molecular weight excluding hydrogens is 360 g/mol. The van der Waals surface area contributed by atoms with E-state index in [1.807, 2.05) is 44.2 Å². The van der Waals surface area contributed by atoms with Crippen molar-refractivity contribution in [3.05, 3.63) is 46.9 Å². The Bertz CT molecular complexity index is 779. The Morgan fingerprint density at radius 1 is 1.30 bits per heavy atom. The van der Waals surface area contributed by atoms with Crippen molar-refractivity contribution in [2.75, 3.05) is 32.1 Å². The molecule has 0 amide bonds. The fourth-order valence-electron chi connectivity index (χ4n) is 3.47. The second-order valence-corrected chi connectivity index (χ2v) is 7.52. The molecule has 2 aromatic rings. The number of pyridine rings is 1. The van der Waals surface area contributed by atoms with Crippen LogP contribution in [0.2, 0.25) is 5.02 Å². The van der Waals surface area contributed by atoms with E-state index in [4.69, 9.17) is 11.6 Å². The van der Waals surface area contributed by atoms with Crippen LogP contribution in [0.25, 0.3) is 0 Å². The van der Waals surface area contributed by atoms with Crippen molar-refractivity contribution in [1.29, 1.82) is 0 Å². The van der Waals surface area contributed by atoms with Crippen molar-refractivity contribution in [3.63, 3.8) is 0 Å². The number of aryl methyl sites for hydroxylation is 1. The molecule has 0 bridgehead atoms. The Morgan fingerprint density at radius 2 is 2.07 bits per heavy atom. The van der Waals surface area contributed by atoms with E-state index in [1.54, 1.807) is 0 Å². The van der Waals surface area contributed by atoms with Crippen LogP contribution in [-0.4, -0.2) is 47.6 Å². The first-order valence-electron chi connectivity index (χ1n) is 9.49. The lowest BCUT2D eigenvalue weighted by Crippen LogP contribution is -2.38. The molecule has 1 fully saturated rings. The third-order valence-electron chi connectivity index (χ3n) is 4.99. The minimum atomic E-state index is 0.717. The van der Waals surface area contributed by atoms with E-state index in [2.05, 4.69) is 37.2 Å². The van der Waals surface area contributed by atoms with Crippen molar-refractivity contribution in [1.82, 2.24) is 19.8 Å². The zero-order valence-corrected chi connectivity index (χ0v) is 17.2. The predicted octanol–water partition coefficient (Wildman–Crippen LogP) is 3.27. The van der Waals surface area contributed by atoms with E-state index in [1.165, 1.54) is 24.8 Å². The van der Waals surface area contributed by atoms with Crippen molar-refractivity contribution < 1.29 is 0 Å². The van der Waals surface area contributed by atoms with Crippen LogP contribution >= 0.6 is 11.6 Å². The largest absolute Gasteiger partial charge is 0.357 e. The number of hydrogen-bond donors (Lipinski definition) is 1. The van der Waals surface area contributed by atoms with E-state index in [-0.39, 0.29) is 0 Å². The van der Waals surface area contributed by atoms with Gasteiger partial charge in [-0.15, -0.1) is 0 Å². The van der Waals surface area contributed by atoms with E-state index < -0.39 is 0 Å². The Labute approximate surface area is 166 Å². The molecule has 1 saturated heterocycles. The van der Waals surface area contributed by atoms with Crippen molar-refractivity contribution in [3.8, 4) is 0 Å². The molecule has 3 rings (SSSR count). The van der Waals surface area contributed by atoms with E-state index >= 15 is 0 Å². The minimum Gasteiger partial charge on any atom is -0.357 e. The summed E-state index contributed by atoms with van der Waals surface area (Å²) >= 11 is 6.09. The molecule has 0 aromatic carbocycles. The summed E-state index contributed by atoms with van der Waals surface area (Å²) in [6, 6.07) is 6.23. The highest BCUT2D eigenvalue weighted by Crippen LogP contribution is 2.18. The zero-order chi connectivity index (χ0) is 19.2. The van der Waals surface area contributed by atoms with E-state index in [0.717, 1.165) is 42.1 Å². The zero-order valence-electron chi connectivity index (χ0n) is 16.5. The molecule has 27 heavy (non-hydrogen) atoms. The summed E-state index contributed by atoms with van der Waals surface area (Å²) in [5, 5.41) is 4.20. The summed E-state index contributed by atoms with van der Waals surface area (Å²) in [4.78, 5) is 13.4. The molecule has 0 aliphatic carbocycles. The molecule has 0 spiro atoms. The smallest absolute Gasteiger partial charge is 0.194 e. The Hall–Kier alpha value is -2.21. The number of anilines is 1. The lowest BCUT2D eigenvalue weighted by Gasteiger charge is -2.28. The van der Waals surface area contributed by atoms with Gasteiger partial charge < -0.3 is 19.7 Å². The molecule has 1 N–H and O–H groups in total. The van der Waals surface area contributed by atoms with Gasteiger partial charge in [0.2, 0.25) is 0 Å². The summed E-state index contributed by atoms with van der Waals surface area (Å²) in [7, 11) is 5.84. The maximum Gasteiger partial charge on any atom is 0.194 e. The third kappa shape index (κ3) is 5.16. The summed E-state index contributed by atoms with van der Waals surface area (Å²) in [6.45, 7) is 3.66. The van der Waals surface area contributed by atoms with Crippen LogP contribution in [-0.2, 0) is 20.1 Å². The van der Waals surface area contributed by atoms with Gasteiger partial charge in [-0.25, -0.2) is 4.98 Å². The number of rotatable bonds is 5. The van der Waals surface area contributed by atoms with Crippen LogP contribution < -0.4 is 10.2 Å². The fraction of sp³-hybridized carbons (Fsp3) is 0.500. The van der Waals surface area contributed by atoms with Crippen LogP contribution in [0.5, 0.6) is 0 Å². The number of nitrogens with zero attached hydrogens (tertiary/aromatic N) is 5. The summed E-state index contributed by atoms with van der Waals surface area (Å²) in [5.41, 5.74) is 2.35. The molecule has 0 radical (unpaired) electrons. The van der Waals surface area contributed by atoms with Crippen molar-refractivity contribution in [2.45, 2.75) is 32.4 Å². The number of hydrogen-bond acceptors (Lipinski definition) is 3. The van der Waals surface area contributed by atoms with Gasteiger partial charge in [0.1, 0.15) is 5.82 Å². The topological polar surface area (TPSA) is 48.7 Å². The quantitative estimate of drug-likeness (QED) is 0.630. The fourth-order valence-corrected chi connectivity index (χ4v) is 3.75. The monoisotopic (exact) mass is 388 g/mol. The number of halogens is 1. The average molecular weight is 389 g/mol. The Balaban J connectivity index is 1.59. The van der Waals surface area contributed by atoms with Gasteiger partial charge in [-0.3, -0.25) is 4.99 Å². The van der Waals surface area contributed by atoms with E-state index in [9.17, 15) is 0 Å². The first-order chi connectivity index (χ1) is 13.1. The molecule has 1 aliphatic heterocycles. The lowest BCUT2D eigenvalue weighted by atomic mass is 10.1. The molecule has 7 heteroatoms. The number of aliphatic imine (C=N–C) groups is 1. The van der Waals surface area contributed by atoms with Crippen LogP contribution in [0, 0.1) is 0 Å². The number of nitrogens with one attached hydrogen (secondary N) is 1. The molecule has 1 aliphatic rings. The first kappa shape index (κ1) is 19.5. The van der Waals surface area contributed by atoms with Crippen molar-refractivity contribution >= 4 is 23.4 Å². The van der Waals surface area contributed by atoms with Crippen LogP contribution in [0.1, 0.15) is 30.5 Å². The maximum absolute atomic E-state index is 6.09. The predicted molar refractivity (Wildman–Crippen MR) is 112 cm³/mol. The molecule has 0 atom stereocenters. The summed E-state index contributed by atoms with van der Waals surface area (Å²) in [5.74, 6) is 1.93. The highest BCUT2D eigenvalue weighted by Gasteiger charge is 2.13. The minimum absolute atomic E-state index is 0.717. The van der Waals surface area contributed by atoms with Gasteiger partial charge in [0, 0.05) is 58.9 Å². The van der Waals surface area contributed by atoms with Crippen LogP contribution in [0.3, 0.4) is 0 Å². The van der Waals surface area contributed by atoms with E-state index in [0.29, 0.717) is 6.54 Å². The van der Waals surface area contributed by atoms with Crippen molar-refractivity contribution in [2.24, 2.45) is 12.0 Å². The number of guanidine groups is 1. The SMILES string of the molecule is CN=C(NCc1ccnc(N2CCCCC2)c1)N(C)Cc1cc(Cl)cn1C. The number of aromatic nitrogens is 2. The average Bonchev–Trinajstić information content (AvgIpc) is 3.00.